The summed E-state index contributed by atoms with van der Waals surface area (Å²) in [7, 11) is -3.55. The normalized spacial score (nSPS) is 16.3. The lowest BCUT2D eigenvalue weighted by atomic mass is 10.2. The first kappa shape index (κ1) is 20.2. The zero-order valence-corrected chi connectivity index (χ0v) is 16.2. The zero-order valence-electron chi connectivity index (χ0n) is 15.4. The van der Waals surface area contributed by atoms with Crippen molar-refractivity contribution in [3.05, 3.63) is 71.8 Å². The van der Waals surface area contributed by atoms with E-state index in [1.54, 1.807) is 12.1 Å². The summed E-state index contributed by atoms with van der Waals surface area (Å²) in [6.07, 6.45) is 2.65. The van der Waals surface area contributed by atoms with E-state index >= 15 is 0 Å². The van der Waals surface area contributed by atoms with Crippen molar-refractivity contribution in [2.45, 2.75) is 11.4 Å². The van der Waals surface area contributed by atoms with Gasteiger partial charge in [-0.25, -0.2) is 13.9 Å². The van der Waals surface area contributed by atoms with Gasteiger partial charge in [-0.15, -0.1) is 0 Å². The van der Waals surface area contributed by atoms with Gasteiger partial charge in [-0.05, 0) is 29.3 Å². The Morgan fingerprint density at radius 1 is 1.00 bits per heavy atom. The number of carbonyl (C=O) groups is 1. The van der Waals surface area contributed by atoms with Crippen LogP contribution in [0.15, 0.2) is 65.6 Å². The Hall–Kier alpha value is -2.52. The molecule has 0 atom stereocenters. The lowest BCUT2D eigenvalue weighted by Crippen LogP contribution is -2.48. The number of nitrogens with zero attached hydrogens (tertiary/aromatic N) is 2. The first-order valence-corrected chi connectivity index (χ1v) is 10.4. The lowest BCUT2D eigenvalue weighted by molar-refractivity contribution is -0.124. The number of piperazine rings is 1. The van der Waals surface area contributed by atoms with Crippen molar-refractivity contribution in [3.63, 3.8) is 0 Å². The number of benzene rings is 2. The Bertz CT molecular complexity index is 920. The molecule has 1 saturated heterocycles. The number of nitrogens with one attached hydrogen (secondary N) is 1. The zero-order chi connectivity index (χ0) is 20.0. The van der Waals surface area contributed by atoms with Crippen LogP contribution in [0.3, 0.4) is 0 Å². The van der Waals surface area contributed by atoms with Crippen molar-refractivity contribution in [3.8, 4) is 0 Å². The molecule has 0 radical (unpaired) electrons. The quantitative estimate of drug-likeness (QED) is 0.437. The summed E-state index contributed by atoms with van der Waals surface area (Å²) in [5, 5.41) is 8.47. The van der Waals surface area contributed by atoms with Crippen LogP contribution in [0.4, 0.5) is 0 Å². The molecule has 8 heteroatoms. The second kappa shape index (κ2) is 9.11. The molecule has 7 nitrogen and oxygen atoms in total. The van der Waals surface area contributed by atoms with E-state index in [0.29, 0.717) is 31.7 Å². The van der Waals surface area contributed by atoms with Gasteiger partial charge >= 0.3 is 0 Å². The minimum atomic E-state index is -3.55. The number of sulfonamides is 1. The van der Waals surface area contributed by atoms with Crippen molar-refractivity contribution in [1.82, 2.24) is 14.7 Å². The summed E-state index contributed by atoms with van der Waals surface area (Å²) in [6.45, 7) is 3.09. The number of hydrogen-bond acceptors (Lipinski definition) is 5. The lowest BCUT2D eigenvalue weighted by Gasteiger charge is -2.34. The Labute approximate surface area is 164 Å². The molecule has 0 aromatic heterocycles. The molecule has 0 unspecified atom stereocenters. The molecule has 28 heavy (non-hydrogen) atoms. The summed E-state index contributed by atoms with van der Waals surface area (Å²) in [5.41, 5.74) is 3.38. The van der Waals surface area contributed by atoms with Crippen molar-refractivity contribution in [2.24, 2.45) is 0 Å². The van der Waals surface area contributed by atoms with Gasteiger partial charge in [0.15, 0.2) is 0 Å². The van der Waals surface area contributed by atoms with Gasteiger partial charge in [0, 0.05) is 38.8 Å². The number of rotatable bonds is 6. The number of carbonyl (C=O) groups excluding carboxylic acids is 1. The van der Waals surface area contributed by atoms with Gasteiger partial charge in [0.2, 0.25) is 10.0 Å². The molecule has 1 heterocycles. The predicted molar refractivity (Wildman–Crippen MR) is 106 cm³/mol. The fraction of sp³-hybridized carbons (Fsp3) is 0.250. The molecule has 2 aromatic rings. The molecule has 0 bridgehead atoms. The highest BCUT2D eigenvalue weighted by molar-refractivity contribution is 7.89. The minimum absolute atomic E-state index is 0.229. The van der Waals surface area contributed by atoms with E-state index in [1.165, 1.54) is 33.6 Å². The monoisotopic (exact) mass is 401 g/mol. The second-order valence-electron chi connectivity index (χ2n) is 6.54. The number of hydrogen-bond donors (Lipinski definition) is 2. The topological polar surface area (TPSA) is 90.0 Å². The molecule has 148 valence electrons. The van der Waals surface area contributed by atoms with Crippen molar-refractivity contribution in [1.29, 1.82) is 0 Å². The van der Waals surface area contributed by atoms with Crippen LogP contribution in [0.25, 0.3) is 6.08 Å². The van der Waals surface area contributed by atoms with Crippen LogP contribution in [0.2, 0.25) is 0 Å². The average molecular weight is 401 g/mol. The van der Waals surface area contributed by atoms with Crippen LogP contribution in [0.1, 0.15) is 11.1 Å². The third kappa shape index (κ3) is 5.05. The van der Waals surface area contributed by atoms with Crippen molar-refractivity contribution < 1.29 is 18.4 Å². The number of hydroxylamine groups is 1. The fourth-order valence-corrected chi connectivity index (χ4v) is 4.50. The predicted octanol–water partition coefficient (Wildman–Crippen LogP) is 1.71. The van der Waals surface area contributed by atoms with Gasteiger partial charge in [0.25, 0.3) is 5.91 Å². The number of amides is 1. The maximum absolute atomic E-state index is 12.9. The van der Waals surface area contributed by atoms with E-state index in [4.69, 9.17) is 5.21 Å². The van der Waals surface area contributed by atoms with Crippen LogP contribution in [-0.2, 0) is 21.4 Å². The van der Waals surface area contributed by atoms with Gasteiger partial charge in [-0.1, -0.05) is 42.5 Å². The first-order chi connectivity index (χ1) is 13.5. The highest BCUT2D eigenvalue weighted by atomic mass is 32.2. The van der Waals surface area contributed by atoms with E-state index in [-0.39, 0.29) is 4.90 Å². The van der Waals surface area contributed by atoms with E-state index in [1.807, 2.05) is 18.2 Å². The molecule has 2 N–H and O–H groups in total. The van der Waals surface area contributed by atoms with Gasteiger partial charge in [0.1, 0.15) is 0 Å². The summed E-state index contributed by atoms with van der Waals surface area (Å²) >= 11 is 0. The smallest absolute Gasteiger partial charge is 0.267 e. The Balaban J connectivity index is 1.60. The molecule has 1 aliphatic rings. The average Bonchev–Trinajstić information content (AvgIpc) is 2.73. The Morgan fingerprint density at radius 3 is 2.25 bits per heavy atom. The Morgan fingerprint density at radius 2 is 1.64 bits per heavy atom. The SMILES string of the molecule is O=C(/C=C/c1ccc(S(=O)(=O)N2CCN(Cc3ccccc3)CC2)cc1)NO. The third-order valence-corrected chi connectivity index (χ3v) is 6.55. The standard InChI is InChI=1S/C20H23N3O4S/c24-20(21-25)11-8-17-6-9-19(10-7-17)28(26,27)23-14-12-22(13-15-23)16-18-4-2-1-3-5-18/h1-11,25H,12-16H2,(H,21,24)/b11-8+. The van der Waals surface area contributed by atoms with Gasteiger partial charge in [-0.3, -0.25) is 14.9 Å². The maximum Gasteiger partial charge on any atom is 0.267 e. The molecule has 1 amide bonds. The molecule has 1 fully saturated rings. The molecule has 3 rings (SSSR count). The second-order valence-corrected chi connectivity index (χ2v) is 8.48. The summed E-state index contributed by atoms with van der Waals surface area (Å²) in [4.78, 5) is 13.5. The van der Waals surface area contributed by atoms with E-state index < -0.39 is 15.9 Å². The molecule has 0 aliphatic carbocycles. The third-order valence-electron chi connectivity index (χ3n) is 4.64. The van der Waals surface area contributed by atoms with Gasteiger partial charge < -0.3 is 0 Å². The fourth-order valence-electron chi connectivity index (χ4n) is 3.08. The van der Waals surface area contributed by atoms with Gasteiger partial charge in [0.05, 0.1) is 4.90 Å². The minimum Gasteiger partial charge on any atom is -0.296 e. The van der Waals surface area contributed by atoms with Crippen LogP contribution >= 0.6 is 0 Å². The van der Waals surface area contributed by atoms with Crippen molar-refractivity contribution >= 4 is 22.0 Å². The first-order valence-electron chi connectivity index (χ1n) is 8.98. The highest BCUT2D eigenvalue weighted by Crippen LogP contribution is 2.19. The maximum atomic E-state index is 12.9. The van der Waals surface area contributed by atoms with E-state index in [2.05, 4.69) is 17.0 Å². The molecule has 0 spiro atoms. The van der Waals surface area contributed by atoms with Crippen LogP contribution < -0.4 is 5.48 Å². The highest BCUT2D eigenvalue weighted by Gasteiger charge is 2.28. The van der Waals surface area contributed by atoms with Crippen LogP contribution in [0, 0.1) is 0 Å². The summed E-state index contributed by atoms with van der Waals surface area (Å²) < 4.78 is 27.2. The molecular formula is C20H23N3O4S. The molecule has 1 aliphatic heterocycles. The van der Waals surface area contributed by atoms with Crippen molar-refractivity contribution in [2.75, 3.05) is 26.2 Å². The van der Waals surface area contributed by atoms with Gasteiger partial charge in [-0.2, -0.15) is 4.31 Å². The summed E-state index contributed by atoms with van der Waals surface area (Å²) in [6, 6.07) is 16.4. The van der Waals surface area contributed by atoms with Crippen LogP contribution in [-0.4, -0.2) is 54.9 Å². The molecule has 0 saturated carbocycles. The molecule has 2 aromatic carbocycles. The van der Waals surface area contributed by atoms with E-state index in [0.717, 1.165) is 12.6 Å². The largest absolute Gasteiger partial charge is 0.296 e. The Kier molecular flexibility index (Phi) is 6.58. The van der Waals surface area contributed by atoms with Crippen LogP contribution in [0.5, 0.6) is 0 Å². The van der Waals surface area contributed by atoms with E-state index in [9.17, 15) is 13.2 Å². The summed E-state index contributed by atoms with van der Waals surface area (Å²) in [5.74, 6) is -0.648. The molecular weight excluding hydrogens is 378 g/mol.